The van der Waals surface area contributed by atoms with Gasteiger partial charge in [0, 0.05) is 37.9 Å². The fraction of sp³-hybridized carbons (Fsp3) is 0.478. The first-order valence-electron chi connectivity index (χ1n) is 10.8. The van der Waals surface area contributed by atoms with Gasteiger partial charge in [-0.25, -0.2) is 9.78 Å². The van der Waals surface area contributed by atoms with Gasteiger partial charge >= 0.3 is 6.03 Å². The van der Waals surface area contributed by atoms with Gasteiger partial charge < -0.3 is 15.1 Å². The van der Waals surface area contributed by atoms with Crippen LogP contribution in [0.3, 0.4) is 0 Å². The third kappa shape index (κ3) is 5.19. The van der Waals surface area contributed by atoms with Gasteiger partial charge in [-0.3, -0.25) is 5.32 Å². The summed E-state index contributed by atoms with van der Waals surface area (Å²) in [5.41, 5.74) is 3.70. The summed E-state index contributed by atoms with van der Waals surface area (Å²) in [6.45, 7) is 6.05. The van der Waals surface area contributed by atoms with Crippen molar-refractivity contribution < 1.29 is 4.79 Å². The molecule has 1 saturated heterocycles. The standard InChI is InChI=1S/C23H31N5O/c1-18-6-5-9-20(16-18)27-12-14-28(15-13-27)21-10-11-22(24-17-21)26-23(29)25-19-7-3-2-4-8-19/h5-6,9-11,16-17,19H,2-4,7-8,12-15H2,1H3,(H2,24,25,26,29). The lowest BCUT2D eigenvalue weighted by atomic mass is 9.96. The van der Waals surface area contributed by atoms with Crippen molar-refractivity contribution in [1.82, 2.24) is 10.3 Å². The Balaban J connectivity index is 1.27. The number of urea groups is 1. The molecule has 2 amide bonds. The van der Waals surface area contributed by atoms with Crippen LogP contribution in [0.5, 0.6) is 0 Å². The highest BCUT2D eigenvalue weighted by Crippen LogP contribution is 2.22. The number of aryl methyl sites for hydroxylation is 1. The van der Waals surface area contributed by atoms with E-state index in [-0.39, 0.29) is 6.03 Å². The van der Waals surface area contributed by atoms with E-state index in [1.165, 1.54) is 30.5 Å². The van der Waals surface area contributed by atoms with Gasteiger partial charge in [-0.15, -0.1) is 0 Å². The van der Waals surface area contributed by atoms with Crippen molar-refractivity contribution in [3.05, 3.63) is 48.2 Å². The van der Waals surface area contributed by atoms with Gasteiger partial charge in [0.25, 0.3) is 0 Å². The molecule has 0 bridgehead atoms. The molecule has 2 aliphatic rings. The summed E-state index contributed by atoms with van der Waals surface area (Å²) in [7, 11) is 0. The van der Waals surface area contributed by atoms with Gasteiger partial charge in [-0.05, 0) is 49.6 Å². The number of pyridine rings is 1. The van der Waals surface area contributed by atoms with E-state index in [2.05, 4.69) is 56.6 Å². The SMILES string of the molecule is Cc1cccc(N2CCN(c3ccc(NC(=O)NC4CCCCC4)nc3)CC2)c1. The Bertz CT molecular complexity index is 808. The van der Waals surface area contributed by atoms with Crippen LogP contribution in [0.2, 0.25) is 0 Å². The van der Waals surface area contributed by atoms with Gasteiger partial charge in [0.15, 0.2) is 0 Å². The highest BCUT2D eigenvalue weighted by atomic mass is 16.2. The smallest absolute Gasteiger partial charge is 0.320 e. The lowest BCUT2D eigenvalue weighted by Crippen LogP contribution is -2.46. The lowest BCUT2D eigenvalue weighted by molar-refractivity contribution is 0.244. The molecule has 1 aliphatic heterocycles. The summed E-state index contributed by atoms with van der Waals surface area (Å²) in [5.74, 6) is 0.598. The number of aromatic nitrogens is 1. The van der Waals surface area contributed by atoms with Crippen molar-refractivity contribution in [1.29, 1.82) is 0 Å². The molecule has 0 unspecified atom stereocenters. The monoisotopic (exact) mass is 393 g/mol. The third-order valence-electron chi connectivity index (χ3n) is 5.94. The maximum Gasteiger partial charge on any atom is 0.320 e. The van der Waals surface area contributed by atoms with Crippen molar-refractivity contribution in [2.45, 2.75) is 45.1 Å². The number of carbonyl (C=O) groups is 1. The molecule has 154 valence electrons. The summed E-state index contributed by atoms with van der Waals surface area (Å²) in [4.78, 5) is 21.4. The molecule has 0 atom stereocenters. The van der Waals surface area contributed by atoms with Crippen molar-refractivity contribution in [2.75, 3.05) is 41.3 Å². The van der Waals surface area contributed by atoms with E-state index in [0.29, 0.717) is 11.9 Å². The minimum Gasteiger partial charge on any atom is -0.368 e. The highest BCUT2D eigenvalue weighted by molar-refractivity contribution is 5.88. The van der Waals surface area contributed by atoms with E-state index in [4.69, 9.17) is 0 Å². The van der Waals surface area contributed by atoms with Crippen LogP contribution in [-0.4, -0.2) is 43.2 Å². The molecule has 2 heterocycles. The number of anilines is 3. The van der Waals surface area contributed by atoms with Crippen molar-refractivity contribution in [3.8, 4) is 0 Å². The molecule has 6 nitrogen and oxygen atoms in total. The van der Waals surface area contributed by atoms with Crippen LogP contribution in [0, 0.1) is 6.92 Å². The van der Waals surface area contributed by atoms with Gasteiger partial charge in [-0.1, -0.05) is 31.4 Å². The minimum atomic E-state index is -0.149. The van der Waals surface area contributed by atoms with Gasteiger partial charge in [-0.2, -0.15) is 0 Å². The average Bonchev–Trinajstić information content (AvgIpc) is 2.75. The molecule has 4 rings (SSSR count). The fourth-order valence-electron chi connectivity index (χ4n) is 4.28. The average molecular weight is 394 g/mol. The quantitative estimate of drug-likeness (QED) is 0.818. The molecular formula is C23H31N5O. The molecular weight excluding hydrogens is 362 g/mol. The Labute approximate surface area is 173 Å². The third-order valence-corrected chi connectivity index (χ3v) is 5.94. The van der Waals surface area contributed by atoms with Crippen molar-refractivity contribution in [3.63, 3.8) is 0 Å². The van der Waals surface area contributed by atoms with Gasteiger partial charge in [0.2, 0.25) is 0 Å². The molecule has 6 heteroatoms. The molecule has 1 aliphatic carbocycles. The van der Waals surface area contributed by atoms with Crippen LogP contribution in [0.4, 0.5) is 22.0 Å². The Morgan fingerprint density at radius 2 is 1.69 bits per heavy atom. The summed E-state index contributed by atoms with van der Waals surface area (Å²) >= 11 is 0. The van der Waals surface area contributed by atoms with E-state index in [0.717, 1.165) is 44.7 Å². The molecule has 1 aromatic carbocycles. The number of benzene rings is 1. The first kappa shape index (κ1) is 19.6. The number of nitrogens with zero attached hydrogens (tertiary/aromatic N) is 3. The molecule has 2 aromatic rings. The number of piperazine rings is 1. The topological polar surface area (TPSA) is 60.5 Å². The predicted molar refractivity (Wildman–Crippen MR) is 119 cm³/mol. The van der Waals surface area contributed by atoms with Gasteiger partial charge in [0.1, 0.15) is 5.82 Å². The first-order chi connectivity index (χ1) is 14.2. The maximum absolute atomic E-state index is 12.2. The van der Waals surface area contributed by atoms with E-state index in [1.807, 2.05) is 18.3 Å². The van der Waals surface area contributed by atoms with Crippen LogP contribution in [0.1, 0.15) is 37.7 Å². The molecule has 0 radical (unpaired) electrons. The Morgan fingerprint density at radius 3 is 2.34 bits per heavy atom. The van der Waals surface area contributed by atoms with Crippen LogP contribution in [0.15, 0.2) is 42.6 Å². The number of hydrogen-bond donors (Lipinski definition) is 2. The summed E-state index contributed by atoms with van der Waals surface area (Å²) in [5, 5.41) is 5.93. The Hall–Kier alpha value is -2.76. The Morgan fingerprint density at radius 1 is 0.966 bits per heavy atom. The highest BCUT2D eigenvalue weighted by Gasteiger charge is 2.19. The zero-order valence-electron chi connectivity index (χ0n) is 17.2. The minimum absolute atomic E-state index is 0.149. The fourth-order valence-corrected chi connectivity index (χ4v) is 4.28. The first-order valence-corrected chi connectivity index (χ1v) is 10.8. The molecule has 2 fully saturated rings. The van der Waals surface area contributed by atoms with E-state index >= 15 is 0 Å². The van der Waals surface area contributed by atoms with Crippen LogP contribution >= 0.6 is 0 Å². The van der Waals surface area contributed by atoms with Crippen molar-refractivity contribution in [2.24, 2.45) is 0 Å². The van der Waals surface area contributed by atoms with E-state index in [9.17, 15) is 4.79 Å². The molecule has 0 spiro atoms. The van der Waals surface area contributed by atoms with Crippen LogP contribution < -0.4 is 20.4 Å². The molecule has 1 saturated carbocycles. The number of hydrogen-bond acceptors (Lipinski definition) is 4. The van der Waals surface area contributed by atoms with Crippen molar-refractivity contribution >= 4 is 23.2 Å². The Kier molecular flexibility index (Phi) is 6.17. The molecule has 1 aromatic heterocycles. The second-order valence-electron chi connectivity index (χ2n) is 8.15. The zero-order chi connectivity index (χ0) is 20.1. The summed E-state index contributed by atoms with van der Waals surface area (Å²) < 4.78 is 0. The predicted octanol–water partition coefficient (Wildman–Crippen LogP) is 4.17. The molecule has 29 heavy (non-hydrogen) atoms. The van der Waals surface area contributed by atoms with Crippen LogP contribution in [-0.2, 0) is 0 Å². The van der Waals surface area contributed by atoms with Gasteiger partial charge in [0.05, 0.1) is 11.9 Å². The normalized spacial score (nSPS) is 17.8. The van der Waals surface area contributed by atoms with Crippen LogP contribution in [0.25, 0.3) is 0 Å². The largest absolute Gasteiger partial charge is 0.368 e. The molecule has 2 N–H and O–H groups in total. The summed E-state index contributed by atoms with van der Waals surface area (Å²) in [6.07, 6.45) is 7.70. The maximum atomic E-state index is 12.2. The number of rotatable bonds is 4. The number of amides is 2. The number of nitrogens with one attached hydrogen (secondary N) is 2. The van der Waals surface area contributed by atoms with E-state index < -0.39 is 0 Å². The number of carbonyl (C=O) groups excluding carboxylic acids is 1. The second-order valence-corrected chi connectivity index (χ2v) is 8.15. The second kappa shape index (κ2) is 9.16. The lowest BCUT2D eigenvalue weighted by Gasteiger charge is -2.37. The zero-order valence-corrected chi connectivity index (χ0v) is 17.2. The summed E-state index contributed by atoms with van der Waals surface area (Å²) in [6, 6.07) is 12.8. The van der Waals surface area contributed by atoms with E-state index in [1.54, 1.807) is 0 Å².